The summed E-state index contributed by atoms with van der Waals surface area (Å²) in [6.07, 6.45) is 0. The predicted molar refractivity (Wildman–Crippen MR) is 75.3 cm³/mol. The van der Waals surface area contributed by atoms with Gasteiger partial charge in [0, 0.05) is 17.3 Å². The van der Waals surface area contributed by atoms with Crippen LogP contribution in [0.4, 0.5) is 5.69 Å². The van der Waals surface area contributed by atoms with Crippen LogP contribution in [0, 0.1) is 0 Å². The molecule has 1 aliphatic heterocycles. The number of hydrogen-bond donors (Lipinski definition) is 2. The van der Waals surface area contributed by atoms with Gasteiger partial charge >= 0.3 is 5.97 Å². The SMILES string of the molecule is CCOC(=O)c1cccc(NC(=O)C2CSCN2)c1. The third-order valence-electron chi connectivity index (χ3n) is 2.67. The Hall–Kier alpha value is -1.53. The van der Waals surface area contributed by atoms with Crippen molar-refractivity contribution in [1.82, 2.24) is 5.32 Å². The lowest BCUT2D eigenvalue weighted by Gasteiger charge is -2.11. The fourth-order valence-electron chi connectivity index (χ4n) is 1.73. The maximum atomic E-state index is 11.9. The molecule has 2 rings (SSSR count). The summed E-state index contributed by atoms with van der Waals surface area (Å²) in [5.74, 6) is 1.10. The van der Waals surface area contributed by atoms with Crippen molar-refractivity contribution in [3.8, 4) is 0 Å². The maximum absolute atomic E-state index is 11.9. The number of thioether (sulfide) groups is 1. The summed E-state index contributed by atoms with van der Waals surface area (Å²) in [4.78, 5) is 23.5. The Morgan fingerprint density at radius 2 is 2.37 bits per heavy atom. The molecule has 5 nitrogen and oxygen atoms in total. The Kier molecular flexibility index (Phi) is 4.81. The summed E-state index contributed by atoms with van der Waals surface area (Å²) < 4.78 is 4.92. The van der Waals surface area contributed by atoms with E-state index < -0.39 is 0 Å². The van der Waals surface area contributed by atoms with Crippen LogP contribution >= 0.6 is 11.8 Å². The van der Waals surface area contributed by atoms with Gasteiger partial charge in [0.05, 0.1) is 18.2 Å². The van der Waals surface area contributed by atoms with Gasteiger partial charge in [-0.05, 0) is 25.1 Å². The molecule has 1 amide bonds. The molecule has 102 valence electrons. The van der Waals surface area contributed by atoms with E-state index in [0.29, 0.717) is 17.9 Å². The first kappa shape index (κ1) is 13.9. The number of rotatable bonds is 4. The molecule has 0 radical (unpaired) electrons. The molecule has 0 bridgehead atoms. The molecule has 1 heterocycles. The van der Waals surface area contributed by atoms with Crippen molar-refractivity contribution in [2.24, 2.45) is 0 Å². The summed E-state index contributed by atoms with van der Waals surface area (Å²) in [5.41, 5.74) is 1.04. The van der Waals surface area contributed by atoms with E-state index in [2.05, 4.69) is 10.6 Å². The topological polar surface area (TPSA) is 67.4 Å². The average Bonchev–Trinajstić information content (AvgIpc) is 2.93. The van der Waals surface area contributed by atoms with Crippen LogP contribution in [0.2, 0.25) is 0 Å². The van der Waals surface area contributed by atoms with Gasteiger partial charge in [-0.2, -0.15) is 0 Å². The lowest BCUT2D eigenvalue weighted by molar-refractivity contribution is -0.117. The summed E-state index contributed by atoms with van der Waals surface area (Å²) >= 11 is 1.69. The first-order valence-electron chi connectivity index (χ1n) is 6.10. The van der Waals surface area contributed by atoms with Crippen molar-refractivity contribution in [2.45, 2.75) is 13.0 Å². The molecule has 0 spiro atoms. The molecule has 1 aliphatic rings. The summed E-state index contributed by atoms with van der Waals surface area (Å²) in [7, 11) is 0. The second kappa shape index (κ2) is 6.58. The Morgan fingerprint density at radius 1 is 1.53 bits per heavy atom. The predicted octanol–water partition coefficient (Wildman–Crippen LogP) is 1.46. The van der Waals surface area contributed by atoms with Gasteiger partial charge in [0.25, 0.3) is 0 Å². The zero-order valence-corrected chi connectivity index (χ0v) is 11.5. The highest BCUT2D eigenvalue weighted by Gasteiger charge is 2.22. The smallest absolute Gasteiger partial charge is 0.338 e. The van der Waals surface area contributed by atoms with Gasteiger partial charge in [-0.15, -0.1) is 11.8 Å². The quantitative estimate of drug-likeness (QED) is 0.817. The zero-order chi connectivity index (χ0) is 13.7. The summed E-state index contributed by atoms with van der Waals surface area (Å²) in [6.45, 7) is 2.09. The van der Waals surface area contributed by atoms with Crippen molar-refractivity contribution in [1.29, 1.82) is 0 Å². The number of benzene rings is 1. The molecule has 19 heavy (non-hydrogen) atoms. The van der Waals surface area contributed by atoms with Gasteiger partial charge < -0.3 is 10.1 Å². The van der Waals surface area contributed by atoms with E-state index >= 15 is 0 Å². The van der Waals surface area contributed by atoms with E-state index in [1.165, 1.54) is 0 Å². The van der Waals surface area contributed by atoms with Gasteiger partial charge in [-0.1, -0.05) is 6.07 Å². The van der Waals surface area contributed by atoms with Gasteiger partial charge in [0.15, 0.2) is 0 Å². The Bertz CT molecular complexity index is 473. The van der Waals surface area contributed by atoms with Crippen LogP contribution in [0.15, 0.2) is 24.3 Å². The highest BCUT2D eigenvalue weighted by atomic mass is 32.2. The number of anilines is 1. The van der Waals surface area contributed by atoms with Crippen LogP contribution in [-0.2, 0) is 9.53 Å². The number of hydrogen-bond acceptors (Lipinski definition) is 5. The molecule has 6 heteroatoms. The van der Waals surface area contributed by atoms with Crippen LogP contribution in [0.1, 0.15) is 17.3 Å². The van der Waals surface area contributed by atoms with E-state index in [1.807, 2.05) is 0 Å². The minimum Gasteiger partial charge on any atom is -0.462 e. The third-order valence-corrected chi connectivity index (χ3v) is 3.61. The number of amides is 1. The normalized spacial score (nSPS) is 18.1. The molecule has 1 saturated heterocycles. The van der Waals surface area contributed by atoms with E-state index in [9.17, 15) is 9.59 Å². The van der Waals surface area contributed by atoms with E-state index in [-0.39, 0.29) is 17.9 Å². The monoisotopic (exact) mass is 280 g/mol. The maximum Gasteiger partial charge on any atom is 0.338 e. The van der Waals surface area contributed by atoms with Crippen molar-refractivity contribution in [3.05, 3.63) is 29.8 Å². The van der Waals surface area contributed by atoms with Crippen LogP contribution in [0.3, 0.4) is 0 Å². The minimum absolute atomic E-state index is 0.0778. The van der Waals surface area contributed by atoms with E-state index in [1.54, 1.807) is 43.0 Å². The molecule has 1 fully saturated rings. The fraction of sp³-hybridized carbons (Fsp3) is 0.385. The molecule has 0 aromatic heterocycles. The second-order valence-electron chi connectivity index (χ2n) is 4.06. The van der Waals surface area contributed by atoms with Crippen LogP contribution in [0.5, 0.6) is 0 Å². The van der Waals surface area contributed by atoms with Gasteiger partial charge in [-0.3, -0.25) is 10.1 Å². The highest BCUT2D eigenvalue weighted by Crippen LogP contribution is 2.15. The van der Waals surface area contributed by atoms with Gasteiger partial charge in [-0.25, -0.2) is 4.79 Å². The molecular formula is C13H16N2O3S. The third kappa shape index (κ3) is 3.71. The van der Waals surface area contributed by atoms with E-state index in [4.69, 9.17) is 4.74 Å². The molecule has 0 aliphatic carbocycles. The highest BCUT2D eigenvalue weighted by molar-refractivity contribution is 7.99. The first-order chi connectivity index (χ1) is 9.20. The standard InChI is InChI=1S/C13H16N2O3S/c1-2-18-13(17)9-4-3-5-10(6-9)15-12(16)11-7-19-8-14-11/h3-6,11,14H,2,7-8H2,1H3,(H,15,16). The van der Waals surface area contributed by atoms with E-state index in [0.717, 1.165) is 11.6 Å². The first-order valence-corrected chi connectivity index (χ1v) is 7.25. The Morgan fingerprint density at radius 3 is 3.05 bits per heavy atom. The average molecular weight is 280 g/mol. The summed E-state index contributed by atoms with van der Waals surface area (Å²) in [6, 6.07) is 6.59. The van der Waals surface area contributed by atoms with Crippen molar-refractivity contribution in [3.63, 3.8) is 0 Å². The molecule has 2 N–H and O–H groups in total. The van der Waals surface area contributed by atoms with Crippen LogP contribution in [-0.4, -0.2) is 36.2 Å². The lowest BCUT2D eigenvalue weighted by atomic mass is 10.2. The Labute approximate surface area is 116 Å². The number of carbonyl (C=O) groups excluding carboxylic acids is 2. The zero-order valence-electron chi connectivity index (χ0n) is 10.6. The molecule has 1 unspecified atom stereocenters. The molecule has 1 aromatic carbocycles. The second-order valence-corrected chi connectivity index (χ2v) is 5.09. The van der Waals surface area contributed by atoms with Gasteiger partial charge in [0.2, 0.25) is 5.91 Å². The summed E-state index contributed by atoms with van der Waals surface area (Å²) in [5, 5.41) is 5.89. The van der Waals surface area contributed by atoms with Crippen molar-refractivity contribution >= 4 is 29.3 Å². The largest absolute Gasteiger partial charge is 0.462 e. The molecule has 0 saturated carbocycles. The fourth-order valence-corrected chi connectivity index (χ4v) is 2.67. The lowest BCUT2D eigenvalue weighted by Crippen LogP contribution is -2.37. The van der Waals surface area contributed by atoms with Crippen molar-refractivity contribution < 1.29 is 14.3 Å². The number of ether oxygens (including phenoxy) is 1. The van der Waals surface area contributed by atoms with Gasteiger partial charge in [0.1, 0.15) is 0 Å². The number of esters is 1. The molecular weight excluding hydrogens is 264 g/mol. The molecule has 1 atom stereocenters. The molecule has 1 aromatic rings. The minimum atomic E-state index is -0.381. The number of carbonyl (C=O) groups is 2. The van der Waals surface area contributed by atoms with Crippen molar-refractivity contribution in [2.75, 3.05) is 23.6 Å². The van der Waals surface area contributed by atoms with Crippen LogP contribution in [0.25, 0.3) is 0 Å². The Balaban J connectivity index is 2.02. The number of nitrogens with one attached hydrogen (secondary N) is 2. The van der Waals surface area contributed by atoms with Crippen LogP contribution < -0.4 is 10.6 Å².